The second kappa shape index (κ2) is 11.6. The number of thioether (sulfide) groups is 1. The van der Waals surface area contributed by atoms with E-state index in [1.54, 1.807) is 47.4 Å². The molecule has 3 aromatic rings. The van der Waals surface area contributed by atoms with Gasteiger partial charge in [-0.1, -0.05) is 70.9 Å². The van der Waals surface area contributed by atoms with Crippen molar-refractivity contribution in [1.29, 1.82) is 0 Å². The molecule has 1 heterocycles. The maximum absolute atomic E-state index is 13.2. The highest BCUT2D eigenvalue weighted by Crippen LogP contribution is 2.38. The standard InChI is InChI=1S/C27H22Cl2N2O4S2/c1-15-4-8-21(16(2)10-15)31-26(33)24(37-27(31)36)12-17-5-9-22(23(11-17)34-3)35-14-25(32)30-18-6-7-19(28)20(29)13-18/h4-13H,14H2,1-3H3,(H,30,32)/b24-12-. The summed E-state index contributed by atoms with van der Waals surface area (Å²) >= 11 is 18.6. The number of thiocarbonyl (C=S) groups is 1. The van der Waals surface area contributed by atoms with Crippen LogP contribution in [0.3, 0.4) is 0 Å². The molecule has 3 aromatic carbocycles. The molecule has 0 aliphatic carbocycles. The maximum atomic E-state index is 13.2. The van der Waals surface area contributed by atoms with Crippen molar-refractivity contribution < 1.29 is 19.1 Å². The number of nitrogens with one attached hydrogen (secondary N) is 1. The number of anilines is 2. The van der Waals surface area contributed by atoms with Gasteiger partial charge in [0, 0.05) is 5.69 Å². The summed E-state index contributed by atoms with van der Waals surface area (Å²) in [6.07, 6.45) is 1.76. The number of amides is 2. The lowest BCUT2D eigenvalue weighted by atomic mass is 10.1. The summed E-state index contributed by atoms with van der Waals surface area (Å²) in [5.74, 6) is 0.243. The van der Waals surface area contributed by atoms with Crippen LogP contribution in [0, 0.1) is 13.8 Å². The minimum absolute atomic E-state index is 0.180. The molecular weight excluding hydrogens is 551 g/mol. The van der Waals surface area contributed by atoms with Gasteiger partial charge >= 0.3 is 0 Å². The van der Waals surface area contributed by atoms with E-state index in [1.807, 2.05) is 32.0 Å². The smallest absolute Gasteiger partial charge is 0.270 e. The summed E-state index contributed by atoms with van der Waals surface area (Å²) in [5, 5.41) is 3.43. The molecule has 0 radical (unpaired) electrons. The van der Waals surface area contributed by atoms with Crippen LogP contribution in [0.1, 0.15) is 16.7 Å². The van der Waals surface area contributed by atoms with E-state index in [2.05, 4.69) is 5.32 Å². The molecular formula is C27H22Cl2N2O4S2. The molecule has 0 saturated carbocycles. The Labute approximate surface area is 234 Å². The molecule has 0 bridgehead atoms. The number of hydrogen-bond donors (Lipinski definition) is 1. The molecule has 1 saturated heterocycles. The number of benzene rings is 3. The first-order chi connectivity index (χ1) is 17.7. The van der Waals surface area contributed by atoms with Crippen LogP contribution in [-0.2, 0) is 9.59 Å². The average molecular weight is 574 g/mol. The fraction of sp³-hybridized carbons (Fsp3) is 0.148. The van der Waals surface area contributed by atoms with Crippen molar-refractivity contribution in [2.24, 2.45) is 0 Å². The lowest BCUT2D eigenvalue weighted by Gasteiger charge is -2.17. The summed E-state index contributed by atoms with van der Waals surface area (Å²) in [5.41, 5.74) is 4.10. The molecule has 0 atom stereocenters. The Balaban J connectivity index is 1.46. The largest absolute Gasteiger partial charge is 0.493 e. The normalized spacial score (nSPS) is 14.3. The highest BCUT2D eigenvalue weighted by atomic mass is 35.5. The van der Waals surface area contributed by atoms with Crippen molar-refractivity contribution in [3.8, 4) is 11.5 Å². The van der Waals surface area contributed by atoms with E-state index in [0.717, 1.165) is 22.4 Å². The summed E-state index contributed by atoms with van der Waals surface area (Å²) < 4.78 is 11.6. The molecule has 37 heavy (non-hydrogen) atoms. The lowest BCUT2D eigenvalue weighted by molar-refractivity contribution is -0.118. The molecule has 6 nitrogen and oxygen atoms in total. The van der Waals surface area contributed by atoms with Gasteiger partial charge in [-0.15, -0.1) is 0 Å². The molecule has 190 valence electrons. The second-order valence-corrected chi connectivity index (χ2v) is 10.7. The lowest BCUT2D eigenvalue weighted by Crippen LogP contribution is -2.28. The van der Waals surface area contributed by atoms with Gasteiger partial charge in [0.1, 0.15) is 0 Å². The fourth-order valence-corrected chi connectivity index (χ4v) is 5.27. The van der Waals surface area contributed by atoms with Crippen LogP contribution >= 0.6 is 47.2 Å². The number of carbonyl (C=O) groups excluding carboxylic acids is 2. The summed E-state index contributed by atoms with van der Waals surface area (Å²) in [7, 11) is 1.50. The van der Waals surface area contributed by atoms with E-state index in [1.165, 1.54) is 18.9 Å². The first-order valence-electron chi connectivity index (χ1n) is 11.1. The van der Waals surface area contributed by atoms with Crippen molar-refractivity contribution in [2.45, 2.75) is 13.8 Å². The maximum Gasteiger partial charge on any atom is 0.270 e. The van der Waals surface area contributed by atoms with Crippen LogP contribution < -0.4 is 19.7 Å². The third-order valence-corrected chi connectivity index (χ3v) is 7.48. The molecule has 1 N–H and O–H groups in total. The van der Waals surface area contributed by atoms with Crippen LogP contribution in [-0.4, -0.2) is 29.9 Å². The number of carbonyl (C=O) groups is 2. The zero-order valence-corrected chi connectivity index (χ0v) is 23.3. The third kappa shape index (κ3) is 6.27. The number of hydrogen-bond acceptors (Lipinski definition) is 6. The Kier molecular flexibility index (Phi) is 8.44. The van der Waals surface area contributed by atoms with Crippen molar-refractivity contribution >= 4 is 80.8 Å². The monoisotopic (exact) mass is 572 g/mol. The van der Waals surface area contributed by atoms with Crippen molar-refractivity contribution in [1.82, 2.24) is 0 Å². The Bertz CT molecular complexity index is 1440. The van der Waals surface area contributed by atoms with Gasteiger partial charge in [-0.05, 0) is 67.4 Å². The van der Waals surface area contributed by atoms with Gasteiger partial charge in [0.2, 0.25) is 0 Å². The van der Waals surface area contributed by atoms with Crippen LogP contribution in [0.4, 0.5) is 11.4 Å². The number of aryl methyl sites for hydroxylation is 2. The van der Waals surface area contributed by atoms with Gasteiger partial charge < -0.3 is 14.8 Å². The van der Waals surface area contributed by atoms with Gasteiger partial charge in [-0.2, -0.15) is 0 Å². The van der Waals surface area contributed by atoms with Crippen molar-refractivity contribution in [2.75, 3.05) is 23.9 Å². The summed E-state index contributed by atoms with van der Waals surface area (Å²) in [6, 6.07) is 15.9. The quantitative estimate of drug-likeness (QED) is 0.242. The Hall–Kier alpha value is -3.04. The number of methoxy groups -OCH3 is 1. The topological polar surface area (TPSA) is 67.9 Å². The number of nitrogens with zero attached hydrogens (tertiary/aromatic N) is 1. The Morgan fingerprint density at radius 2 is 1.84 bits per heavy atom. The second-order valence-electron chi connectivity index (χ2n) is 8.18. The zero-order chi connectivity index (χ0) is 26.7. The highest BCUT2D eigenvalue weighted by Gasteiger charge is 2.34. The van der Waals surface area contributed by atoms with E-state index in [4.69, 9.17) is 44.9 Å². The number of ether oxygens (including phenoxy) is 2. The predicted octanol–water partition coefficient (Wildman–Crippen LogP) is 7.04. The minimum Gasteiger partial charge on any atom is -0.493 e. The van der Waals surface area contributed by atoms with Gasteiger partial charge in [-0.25, -0.2) is 0 Å². The van der Waals surface area contributed by atoms with E-state index >= 15 is 0 Å². The van der Waals surface area contributed by atoms with Gasteiger partial charge in [0.05, 0.1) is 27.7 Å². The third-order valence-electron chi connectivity index (χ3n) is 5.43. The average Bonchev–Trinajstić information content (AvgIpc) is 3.13. The zero-order valence-electron chi connectivity index (χ0n) is 20.1. The summed E-state index contributed by atoms with van der Waals surface area (Å²) in [6.45, 7) is 3.72. The van der Waals surface area contributed by atoms with Gasteiger partial charge in [0.25, 0.3) is 11.8 Å². The molecule has 2 amide bonds. The van der Waals surface area contributed by atoms with Crippen LogP contribution in [0.2, 0.25) is 10.0 Å². The van der Waals surface area contributed by atoms with Crippen molar-refractivity contribution in [3.05, 3.63) is 86.2 Å². The SMILES string of the molecule is COc1cc(/C=C2\SC(=S)N(c3ccc(C)cc3C)C2=O)ccc1OCC(=O)Nc1ccc(Cl)c(Cl)c1. The van der Waals surface area contributed by atoms with Crippen LogP contribution in [0.5, 0.6) is 11.5 Å². The molecule has 0 aromatic heterocycles. The highest BCUT2D eigenvalue weighted by molar-refractivity contribution is 8.27. The van der Waals surface area contributed by atoms with Crippen LogP contribution in [0.15, 0.2) is 59.5 Å². The first kappa shape index (κ1) is 27.0. The van der Waals surface area contributed by atoms with E-state index < -0.39 is 0 Å². The van der Waals surface area contributed by atoms with Crippen molar-refractivity contribution in [3.63, 3.8) is 0 Å². The van der Waals surface area contributed by atoms with E-state index in [9.17, 15) is 9.59 Å². The van der Waals surface area contributed by atoms with E-state index in [-0.39, 0.29) is 18.4 Å². The minimum atomic E-state index is -0.375. The fourth-order valence-electron chi connectivity index (χ4n) is 3.69. The first-order valence-corrected chi connectivity index (χ1v) is 13.1. The van der Waals surface area contributed by atoms with Crippen LogP contribution in [0.25, 0.3) is 6.08 Å². The molecule has 1 aliphatic heterocycles. The predicted molar refractivity (Wildman–Crippen MR) is 155 cm³/mol. The molecule has 0 spiro atoms. The number of rotatable bonds is 7. The van der Waals surface area contributed by atoms with Gasteiger partial charge in [0.15, 0.2) is 22.4 Å². The van der Waals surface area contributed by atoms with Gasteiger partial charge in [-0.3, -0.25) is 14.5 Å². The molecule has 1 aliphatic rings. The molecule has 10 heteroatoms. The molecule has 0 unspecified atom stereocenters. The Morgan fingerprint density at radius 3 is 2.54 bits per heavy atom. The Morgan fingerprint density at radius 1 is 1.05 bits per heavy atom. The summed E-state index contributed by atoms with van der Waals surface area (Å²) in [4.78, 5) is 27.6. The molecule has 4 rings (SSSR count). The van der Waals surface area contributed by atoms with E-state index in [0.29, 0.717) is 36.5 Å². The number of halogens is 2. The molecule has 1 fully saturated rings.